The molecule has 0 fully saturated rings. The zero-order valence-electron chi connectivity index (χ0n) is 15.1. The van der Waals surface area contributed by atoms with E-state index in [1.165, 1.54) is 0 Å². The normalized spacial score (nSPS) is 10.9. The van der Waals surface area contributed by atoms with Crippen molar-refractivity contribution >= 4 is 16.8 Å². The van der Waals surface area contributed by atoms with Gasteiger partial charge in [0.15, 0.2) is 5.76 Å². The molecule has 0 aliphatic rings. The van der Waals surface area contributed by atoms with E-state index in [4.69, 9.17) is 9.26 Å². The number of amides is 1. The molecule has 0 aliphatic carbocycles. The fourth-order valence-electron chi connectivity index (χ4n) is 3.06. The number of para-hydroxylation sites is 1. The van der Waals surface area contributed by atoms with E-state index < -0.39 is 0 Å². The zero-order chi connectivity index (χ0) is 18.8. The highest BCUT2D eigenvalue weighted by Crippen LogP contribution is 2.26. The second-order valence-electron chi connectivity index (χ2n) is 6.24. The van der Waals surface area contributed by atoms with Gasteiger partial charge < -0.3 is 19.1 Å². The molecule has 0 aliphatic heterocycles. The standard InChI is InChI=1S/C21H19N3O3/c1-24-19-6-4-3-5-15(19)11-20(24)18-12-17(27-23-18)13-22-21(25)14-7-9-16(26-2)10-8-14/h3-12H,13H2,1-2H3,(H,22,25). The molecule has 0 spiro atoms. The molecule has 2 aromatic heterocycles. The van der Waals surface area contributed by atoms with Crippen LogP contribution in [-0.4, -0.2) is 22.7 Å². The molecule has 6 nitrogen and oxygen atoms in total. The number of nitrogens with zero attached hydrogens (tertiary/aromatic N) is 2. The van der Waals surface area contributed by atoms with Gasteiger partial charge >= 0.3 is 0 Å². The van der Waals surface area contributed by atoms with Gasteiger partial charge in [0.2, 0.25) is 0 Å². The number of methoxy groups -OCH3 is 1. The maximum absolute atomic E-state index is 12.2. The molecule has 0 radical (unpaired) electrons. The summed E-state index contributed by atoms with van der Waals surface area (Å²) in [5.74, 6) is 1.12. The number of rotatable bonds is 5. The maximum atomic E-state index is 12.2. The Labute approximate surface area is 156 Å². The minimum absolute atomic E-state index is 0.180. The fourth-order valence-corrected chi connectivity index (χ4v) is 3.06. The van der Waals surface area contributed by atoms with Crippen molar-refractivity contribution in [3.05, 3.63) is 72.0 Å². The smallest absolute Gasteiger partial charge is 0.251 e. The number of hydrogen-bond donors (Lipinski definition) is 1. The molecule has 4 aromatic rings. The summed E-state index contributed by atoms with van der Waals surface area (Å²) in [4.78, 5) is 12.2. The molecule has 0 bridgehead atoms. The van der Waals surface area contributed by atoms with Crippen LogP contribution in [0.25, 0.3) is 22.3 Å². The van der Waals surface area contributed by atoms with Crippen LogP contribution in [0.3, 0.4) is 0 Å². The minimum atomic E-state index is -0.180. The summed E-state index contributed by atoms with van der Waals surface area (Å²) in [5, 5.41) is 8.14. The Balaban J connectivity index is 1.47. The van der Waals surface area contributed by atoms with E-state index in [0.29, 0.717) is 17.1 Å². The molecule has 1 amide bonds. The van der Waals surface area contributed by atoms with Gasteiger partial charge in [0, 0.05) is 29.6 Å². The fraction of sp³-hybridized carbons (Fsp3) is 0.143. The van der Waals surface area contributed by atoms with Crippen molar-refractivity contribution in [1.29, 1.82) is 0 Å². The number of carbonyl (C=O) groups excluding carboxylic acids is 1. The van der Waals surface area contributed by atoms with Crippen LogP contribution in [0, 0.1) is 0 Å². The Morgan fingerprint density at radius 1 is 1.15 bits per heavy atom. The van der Waals surface area contributed by atoms with Crippen molar-refractivity contribution in [1.82, 2.24) is 15.0 Å². The summed E-state index contributed by atoms with van der Waals surface area (Å²) in [7, 11) is 3.59. The highest BCUT2D eigenvalue weighted by molar-refractivity contribution is 5.94. The number of aryl methyl sites for hydroxylation is 1. The summed E-state index contributed by atoms with van der Waals surface area (Å²) < 4.78 is 12.6. The molecule has 0 unspecified atom stereocenters. The summed E-state index contributed by atoms with van der Waals surface area (Å²) in [6.45, 7) is 0.266. The Morgan fingerprint density at radius 3 is 2.67 bits per heavy atom. The number of hydrogen-bond acceptors (Lipinski definition) is 4. The number of fused-ring (bicyclic) bond motifs is 1. The Kier molecular flexibility index (Phi) is 4.38. The van der Waals surface area contributed by atoms with Gasteiger partial charge in [-0.2, -0.15) is 0 Å². The van der Waals surface area contributed by atoms with Crippen LogP contribution in [0.2, 0.25) is 0 Å². The Bertz CT molecular complexity index is 1090. The average molecular weight is 361 g/mol. The van der Waals surface area contributed by atoms with Crippen LogP contribution in [0.1, 0.15) is 16.1 Å². The van der Waals surface area contributed by atoms with Crippen molar-refractivity contribution in [3.63, 3.8) is 0 Å². The van der Waals surface area contributed by atoms with E-state index >= 15 is 0 Å². The molecule has 2 aromatic carbocycles. The lowest BCUT2D eigenvalue weighted by Gasteiger charge is -2.04. The zero-order valence-corrected chi connectivity index (χ0v) is 15.1. The molecule has 0 saturated carbocycles. The molecule has 1 N–H and O–H groups in total. The molecular weight excluding hydrogens is 342 g/mol. The van der Waals surface area contributed by atoms with Crippen LogP contribution >= 0.6 is 0 Å². The van der Waals surface area contributed by atoms with Crippen LogP contribution in [0.5, 0.6) is 5.75 Å². The lowest BCUT2D eigenvalue weighted by atomic mass is 10.2. The predicted molar refractivity (Wildman–Crippen MR) is 103 cm³/mol. The molecule has 136 valence electrons. The van der Waals surface area contributed by atoms with E-state index in [1.807, 2.05) is 25.2 Å². The second kappa shape index (κ2) is 6.99. The van der Waals surface area contributed by atoms with Gasteiger partial charge in [-0.1, -0.05) is 23.4 Å². The van der Waals surface area contributed by atoms with Crippen molar-refractivity contribution < 1.29 is 14.1 Å². The number of aromatic nitrogens is 2. The third-order valence-corrected chi connectivity index (χ3v) is 4.55. The van der Waals surface area contributed by atoms with Gasteiger partial charge in [0.25, 0.3) is 5.91 Å². The van der Waals surface area contributed by atoms with Crippen molar-refractivity contribution in [3.8, 4) is 17.1 Å². The first-order chi connectivity index (χ1) is 13.2. The molecule has 2 heterocycles. The van der Waals surface area contributed by atoms with Crippen LogP contribution in [0.15, 0.2) is 65.2 Å². The van der Waals surface area contributed by atoms with Crippen molar-refractivity contribution in [2.45, 2.75) is 6.54 Å². The van der Waals surface area contributed by atoms with Crippen molar-refractivity contribution in [2.75, 3.05) is 7.11 Å². The molecule has 6 heteroatoms. The van der Waals surface area contributed by atoms with Crippen molar-refractivity contribution in [2.24, 2.45) is 7.05 Å². The van der Waals surface area contributed by atoms with Crippen LogP contribution < -0.4 is 10.1 Å². The van der Waals surface area contributed by atoms with Crippen LogP contribution in [-0.2, 0) is 13.6 Å². The molecule has 0 saturated heterocycles. The highest BCUT2D eigenvalue weighted by atomic mass is 16.5. The topological polar surface area (TPSA) is 69.3 Å². The summed E-state index contributed by atoms with van der Waals surface area (Å²) in [5.41, 5.74) is 3.39. The third kappa shape index (κ3) is 3.29. The first-order valence-electron chi connectivity index (χ1n) is 8.58. The van der Waals surface area contributed by atoms with Gasteiger partial charge in [-0.05, 0) is 36.4 Å². The lowest BCUT2D eigenvalue weighted by molar-refractivity contribution is 0.0947. The number of nitrogens with one attached hydrogen (secondary N) is 1. The van der Waals surface area contributed by atoms with Gasteiger partial charge in [-0.3, -0.25) is 4.79 Å². The first-order valence-corrected chi connectivity index (χ1v) is 8.58. The molecule has 0 atom stereocenters. The van der Waals surface area contributed by atoms with E-state index in [2.05, 4.69) is 33.2 Å². The molecule has 27 heavy (non-hydrogen) atoms. The summed E-state index contributed by atoms with van der Waals surface area (Å²) in [6, 6.07) is 19.0. The van der Waals surface area contributed by atoms with E-state index in [9.17, 15) is 4.79 Å². The quantitative estimate of drug-likeness (QED) is 0.587. The Morgan fingerprint density at radius 2 is 1.93 bits per heavy atom. The first kappa shape index (κ1) is 16.9. The number of ether oxygens (including phenoxy) is 1. The number of benzene rings is 2. The monoisotopic (exact) mass is 361 g/mol. The van der Waals surface area contributed by atoms with Gasteiger partial charge in [-0.25, -0.2) is 0 Å². The predicted octanol–water partition coefficient (Wildman–Crippen LogP) is 3.77. The van der Waals surface area contributed by atoms with Gasteiger partial charge in [0.1, 0.15) is 11.4 Å². The molecular formula is C21H19N3O3. The minimum Gasteiger partial charge on any atom is -0.497 e. The van der Waals surface area contributed by atoms with E-state index in [0.717, 1.165) is 22.3 Å². The van der Waals surface area contributed by atoms with Gasteiger partial charge in [-0.15, -0.1) is 0 Å². The largest absolute Gasteiger partial charge is 0.497 e. The third-order valence-electron chi connectivity index (χ3n) is 4.55. The van der Waals surface area contributed by atoms with E-state index in [1.54, 1.807) is 31.4 Å². The average Bonchev–Trinajstić information content (AvgIpc) is 3.31. The SMILES string of the molecule is COc1ccc(C(=O)NCc2cc(-c3cc4ccccc4n3C)no2)cc1. The maximum Gasteiger partial charge on any atom is 0.251 e. The second-order valence-corrected chi connectivity index (χ2v) is 6.24. The summed E-state index contributed by atoms with van der Waals surface area (Å²) >= 11 is 0. The Hall–Kier alpha value is -3.54. The molecule has 4 rings (SSSR count). The lowest BCUT2D eigenvalue weighted by Crippen LogP contribution is -2.22. The van der Waals surface area contributed by atoms with Gasteiger partial charge in [0.05, 0.1) is 19.3 Å². The summed E-state index contributed by atoms with van der Waals surface area (Å²) in [6.07, 6.45) is 0. The highest BCUT2D eigenvalue weighted by Gasteiger charge is 2.13. The number of carbonyl (C=O) groups is 1. The van der Waals surface area contributed by atoms with E-state index in [-0.39, 0.29) is 12.5 Å². The van der Waals surface area contributed by atoms with Crippen LogP contribution in [0.4, 0.5) is 0 Å².